The van der Waals surface area contributed by atoms with Gasteiger partial charge < -0.3 is 11.1 Å². The van der Waals surface area contributed by atoms with Crippen molar-refractivity contribution < 1.29 is 0 Å². The lowest BCUT2D eigenvalue weighted by Gasteiger charge is -2.16. The molecule has 0 amide bonds. The Hall–Kier alpha value is -2.11. The molecular formula is C10H12N6. The molecule has 82 valence electrons. The van der Waals surface area contributed by atoms with Gasteiger partial charge in [-0.1, -0.05) is 0 Å². The molecular weight excluding hydrogens is 204 g/mol. The Kier molecular flexibility index (Phi) is 1.99. The summed E-state index contributed by atoms with van der Waals surface area (Å²) in [5, 5.41) is 11.5. The van der Waals surface area contributed by atoms with E-state index in [1.54, 1.807) is 12.4 Å². The summed E-state index contributed by atoms with van der Waals surface area (Å²) in [7, 11) is 0. The molecule has 3 heterocycles. The van der Waals surface area contributed by atoms with Gasteiger partial charge in [-0.15, -0.1) is 10.2 Å². The van der Waals surface area contributed by atoms with Gasteiger partial charge in [0.15, 0.2) is 5.82 Å². The van der Waals surface area contributed by atoms with Crippen LogP contribution in [0.2, 0.25) is 0 Å². The molecule has 0 aromatic carbocycles. The maximum Gasteiger partial charge on any atom is 0.224 e. The van der Waals surface area contributed by atoms with Crippen LogP contribution >= 0.6 is 0 Å². The molecule has 0 saturated carbocycles. The van der Waals surface area contributed by atoms with Crippen molar-refractivity contribution in [1.82, 2.24) is 19.7 Å². The van der Waals surface area contributed by atoms with Crippen LogP contribution in [0.5, 0.6) is 0 Å². The number of nitrogens with two attached hydrogens (primary N) is 1. The number of fused-ring (bicyclic) bond motifs is 1. The number of nitrogen functional groups attached to an aromatic ring is 1. The number of hydrogen-bond acceptors (Lipinski definition) is 5. The van der Waals surface area contributed by atoms with Gasteiger partial charge >= 0.3 is 0 Å². The van der Waals surface area contributed by atoms with Gasteiger partial charge in [-0.25, -0.2) is 0 Å². The molecule has 0 bridgehead atoms. The Morgan fingerprint density at radius 1 is 1.31 bits per heavy atom. The highest BCUT2D eigenvalue weighted by molar-refractivity contribution is 5.61. The summed E-state index contributed by atoms with van der Waals surface area (Å²) in [6.45, 7) is 1.88. The highest BCUT2D eigenvalue weighted by Crippen LogP contribution is 2.23. The van der Waals surface area contributed by atoms with E-state index < -0.39 is 0 Å². The maximum absolute atomic E-state index is 5.71. The van der Waals surface area contributed by atoms with Crippen LogP contribution in [0.3, 0.4) is 0 Å². The molecule has 1 aliphatic heterocycles. The molecule has 0 spiro atoms. The Morgan fingerprint density at radius 3 is 3.12 bits per heavy atom. The summed E-state index contributed by atoms with van der Waals surface area (Å²) in [4.78, 5) is 4.06. The zero-order chi connectivity index (χ0) is 11.0. The number of anilines is 2. The predicted molar refractivity (Wildman–Crippen MR) is 60.8 cm³/mol. The van der Waals surface area contributed by atoms with E-state index >= 15 is 0 Å². The average Bonchev–Trinajstić information content (AvgIpc) is 2.72. The molecule has 0 fully saturated rings. The maximum atomic E-state index is 5.71. The van der Waals surface area contributed by atoms with E-state index in [1.165, 1.54) is 0 Å². The Bertz CT molecular complexity index is 518. The van der Waals surface area contributed by atoms with Crippen molar-refractivity contribution >= 4 is 11.6 Å². The first-order valence-corrected chi connectivity index (χ1v) is 5.22. The molecule has 0 atom stereocenters. The van der Waals surface area contributed by atoms with Gasteiger partial charge in [-0.05, 0) is 12.5 Å². The van der Waals surface area contributed by atoms with E-state index in [2.05, 4.69) is 25.1 Å². The molecule has 16 heavy (non-hydrogen) atoms. The highest BCUT2D eigenvalue weighted by Gasteiger charge is 2.16. The normalized spacial score (nSPS) is 14.2. The minimum absolute atomic E-state index is 0.638. The molecule has 3 N–H and O–H groups in total. The number of hydrogen-bond donors (Lipinski definition) is 2. The van der Waals surface area contributed by atoms with E-state index in [0.29, 0.717) is 5.69 Å². The van der Waals surface area contributed by atoms with Crippen LogP contribution in [0.25, 0.3) is 11.4 Å². The largest absolute Gasteiger partial charge is 0.397 e. The quantitative estimate of drug-likeness (QED) is 0.734. The van der Waals surface area contributed by atoms with Crippen molar-refractivity contribution in [2.24, 2.45) is 0 Å². The predicted octanol–water partition coefficient (Wildman–Crippen LogP) is 0.738. The standard InChI is InChI=1S/C10H12N6/c11-8-4-7(5-12-6-8)9-14-15-10-13-2-1-3-16(9)10/h4-6H,1-3,11H2,(H,13,15). The van der Waals surface area contributed by atoms with E-state index in [9.17, 15) is 0 Å². The SMILES string of the molecule is Nc1cncc(-c2nnc3n2CCCN3)c1. The lowest BCUT2D eigenvalue weighted by Crippen LogP contribution is -2.17. The summed E-state index contributed by atoms with van der Waals surface area (Å²) in [5.74, 6) is 1.64. The van der Waals surface area contributed by atoms with Gasteiger partial charge in [0, 0.05) is 31.0 Å². The first-order chi connectivity index (χ1) is 7.84. The first-order valence-electron chi connectivity index (χ1n) is 5.22. The fraction of sp³-hybridized carbons (Fsp3) is 0.300. The van der Waals surface area contributed by atoms with Gasteiger partial charge in [0.2, 0.25) is 5.95 Å². The third-order valence-corrected chi connectivity index (χ3v) is 2.61. The number of aromatic nitrogens is 4. The summed E-state index contributed by atoms with van der Waals surface area (Å²) < 4.78 is 2.06. The number of nitrogens with zero attached hydrogens (tertiary/aromatic N) is 4. The Balaban J connectivity index is 2.09. The van der Waals surface area contributed by atoms with Crippen molar-refractivity contribution in [1.29, 1.82) is 0 Å². The van der Waals surface area contributed by atoms with E-state index in [-0.39, 0.29) is 0 Å². The van der Waals surface area contributed by atoms with Gasteiger partial charge in [0.25, 0.3) is 0 Å². The lowest BCUT2D eigenvalue weighted by atomic mass is 10.2. The van der Waals surface area contributed by atoms with E-state index in [0.717, 1.165) is 36.8 Å². The lowest BCUT2D eigenvalue weighted by molar-refractivity contribution is 0.631. The average molecular weight is 216 g/mol. The molecule has 2 aromatic rings. The summed E-state index contributed by atoms with van der Waals surface area (Å²) >= 11 is 0. The molecule has 2 aromatic heterocycles. The van der Waals surface area contributed by atoms with Crippen molar-refractivity contribution in [2.75, 3.05) is 17.6 Å². The second-order valence-electron chi connectivity index (χ2n) is 3.79. The summed E-state index contributed by atoms with van der Waals surface area (Å²) in [6, 6.07) is 1.86. The molecule has 6 heteroatoms. The molecule has 3 rings (SSSR count). The van der Waals surface area contributed by atoms with Crippen LogP contribution in [0.1, 0.15) is 6.42 Å². The van der Waals surface area contributed by atoms with Gasteiger partial charge in [0.05, 0.1) is 5.69 Å². The van der Waals surface area contributed by atoms with Gasteiger partial charge in [0.1, 0.15) is 0 Å². The molecule has 0 saturated heterocycles. The first kappa shape index (κ1) is 9.14. The molecule has 0 radical (unpaired) electrons. The smallest absolute Gasteiger partial charge is 0.224 e. The topological polar surface area (TPSA) is 81.7 Å². The number of pyridine rings is 1. The second kappa shape index (κ2) is 3.48. The molecule has 6 nitrogen and oxygen atoms in total. The fourth-order valence-electron chi connectivity index (χ4n) is 1.88. The number of rotatable bonds is 1. The third kappa shape index (κ3) is 1.39. The summed E-state index contributed by atoms with van der Waals surface area (Å²) in [6.07, 6.45) is 4.45. The van der Waals surface area contributed by atoms with Crippen LogP contribution in [0, 0.1) is 0 Å². The van der Waals surface area contributed by atoms with E-state index in [1.807, 2.05) is 6.07 Å². The zero-order valence-corrected chi connectivity index (χ0v) is 8.72. The number of nitrogens with one attached hydrogen (secondary N) is 1. The monoisotopic (exact) mass is 216 g/mol. The Morgan fingerprint density at radius 2 is 2.25 bits per heavy atom. The Labute approximate surface area is 92.5 Å². The third-order valence-electron chi connectivity index (χ3n) is 2.61. The summed E-state index contributed by atoms with van der Waals surface area (Å²) in [5.41, 5.74) is 7.25. The van der Waals surface area contributed by atoms with Crippen molar-refractivity contribution in [3.8, 4) is 11.4 Å². The van der Waals surface area contributed by atoms with Crippen molar-refractivity contribution in [3.05, 3.63) is 18.5 Å². The van der Waals surface area contributed by atoms with Gasteiger partial charge in [-0.3, -0.25) is 9.55 Å². The van der Waals surface area contributed by atoms with Crippen LogP contribution in [0.4, 0.5) is 11.6 Å². The van der Waals surface area contributed by atoms with Gasteiger partial charge in [-0.2, -0.15) is 0 Å². The van der Waals surface area contributed by atoms with E-state index in [4.69, 9.17) is 5.73 Å². The molecule has 0 aliphatic carbocycles. The fourth-order valence-corrected chi connectivity index (χ4v) is 1.88. The van der Waals surface area contributed by atoms with Crippen LogP contribution in [-0.4, -0.2) is 26.3 Å². The molecule has 0 unspecified atom stereocenters. The second-order valence-corrected chi connectivity index (χ2v) is 3.79. The van der Waals surface area contributed by atoms with Crippen molar-refractivity contribution in [2.45, 2.75) is 13.0 Å². The minimum Gasteiger partial charge on any atom is -0.397 e. The van der Waals surface area contributed by atoms with Crippen LogP contribution in [-0.2, 0) is 6.54 Å². The van der Waals surface area contributed by atoms with Crippen LogP contribution in [0.15, 0.2) is 18.5 Å². The van der Waals surface area contributed by atoms with Crippen molar-refractivity contribution in [3.63, 3.8) is 0 Å². The highest BCUT2D eigenvalue weighted by atomic mass is 15.4. The van der Waals surface area contributed by atoms with Crippen LogP contribution < -0.4 is 11.1 Å². The minimum atomic E-state index is 0.638. The molecule has 1 aliphatic rings. The zero-order valence-electron chi connectivity index (χ0n) is 8.72.